The van der Waals surface area contributed by atoms with Gasteiger partial charge in [-0.15, -0.1) is 0 Å². The van der Waals surface area contributed by atoms with E-state index in [9.17, 15) is 9.18 Å². The number of nitrogens with zero attached hydrogens (tertiary/aromatic N) is 1. The van der Waals surface area contributed by atoms with Gasteiger partial charge >= 0.3 is 0 Å². The van der Waals surface area contributed by atoms with Gasteiger partial charge in [-0.2, -0.15) is 0 Å². The largest absolute Gasteiger partial charge is 0.367 e. The molecule has 0 amide bonds. The Kier molecular flexibility index (Phi) is 4.06. The lowest BCUT2D eigenvalue weighted by Crippen LogP contribution is -2.23. The van der Waals surface area contributed by atoms with E-state index in [0.29, 0.717) is 13.0 Å². The second-order valence-corrected chi connectivity index (χ2v) is 6.16. The quantitative estimate of drug-likeness (QED) is 0.792. The number of carbonyl (C=O) groups is 1. The Labute approximate surface area is 131 Å². The predicted octanol–water partition coefficient (Wildman–Crippen LogP) is 4.57. The van der Waals surface area contributed by atoms with Crippen molar-refractivity contribution in [1.82, 2.24) is 0 Å². The van der Waals surface area contributed by atoms with Crippen molar-refractivity contribution in [2.45, 2.75) is 19.4 Å². The van der Waals surface area contributed by atoms with Crippen molar-refractivity contribution in [3.63, 3.8) is 0 Å². The first-order valence-electron chi connectivity index (χ1n) is 6.95. The first kappa shape index (κ1) is 14.3. The molecule has 1 heterocycles. The molecule has 2 aromatic rings. The molecule has 0 N–H and O–H groups in total. The van der Waals surface area contributed by atoms with Gasteiger partial charge in [0.25, 0.3) is 0 Å². The van der Waals surface area contributed by atoms with E-state index in [1.165, 1.54) is 6.07 Å². The molecule has 0 aliphatic carbocycles. The van der Waals surface area contributed by atoms with Crippen molar-refractivity contribution < 1.29 is 9.18 Å². The van der Waals surface area contributed by atoms with Crippen molar-refractivity contribution in [3.8, 4) is 0 Å². The molecule has 4 heteroatoms. The fourth-order valence-electron chi connectivity index (χ4n) is 2.76. The standard InChI is InChI=1S/C17H15BrFNO/c18-13-8-12(9-14(19)10-13)11-20-7-3-6-17(21)15-4-1-2-5-16(15)20/h1-2,4-5,8-10H,3,6-7,11H2. The number of hydrogen-bond acceptors (Lipinski definition) is 2. The molecule has 1 aliphatic rings. The Balaban J connectivity index is 1.94. The lowest BCUT2D eigenvalue weighted by atomic mass is 10.1. The van der Waals surface area contributed by atoms with Crippen LogP contribution >= 0.6 is 15.9 Å². The van der Waals surface area contributed by atoms with E-state index < -0.39 is 0 Å². The molecule has 0 bridgehead atoms. The summed E-state index contributed by atoms with van der Waals surface area (Å²) >= 11 is 3.32. The second-order valence-electron chi connectivity index (χ2n) is 5.24. The van der Waals surface area contributed by atoms with E-state index in [4.69, 9.17) is 0 Å². The average molecular weight is 348 g/mol. The first-order chi connectivity index (χ1) is 10.1. The number of para-hydroxylation sites is 1. The van der Waals surface area contributed by atoms with Crippen molar-refractivity contribution in [3.05, 3.63) is 63.9 Å². The molecule has 0 radical (unpaired) electrons. The van der Waals surface area contributed by atoms with Gasteiger partial charge in [-0.3, -0.25) is 4.79 Å². The molecule has 21 heavy (non-hydrogen) atoms. The van der Waals surface area contributed by atoms with Crippen LogP contribution in [-0.2, 0) is 6.54 Å². The van der Waals surface area contributed by atoms with Crippen molar-refractivity contribution in [2.75, 3.05) is 11.4 Å². The zero-order valence-corrected chi connectivity index (χ0v) is 13.1. The van der Waals surface area contributed by atoms with Crippen LogP contribution in [0.2, 0.25) is 0 Å². The first-order valence-corrected chi connectivity index (χ1v) is 7.75. The zero-order chi connectivity index (χ0) is 14.8. The van der Waals surface area contributed by atoms with E-state index in [-0.39, 0.29) is 11.6 Å². The number of fused-ring (bicyclic) bond motifs is 1. The van der Waals surface area contributed by atoms with Gasteiger partial charge in [0, 0.05) is 35.2 Å². The lowest BCUT2D eigenvalue weighted by molar-refractivity contribution is 0.0984. The van der Waals surface area contributed by atoms with Crippen LogP contribution in [0, 0.1) is 5.82 Å². The molecule has 0 aromatic heterocycles. The Morgan fingerprint density at radius 1 is 1.19 bits per heavy atom. The van der Waals surface area contributed by atoms with Gasteiger partial charge in [0.05, 0.1) is 0 Å². The highest BCUT2D eigenvalue weighted by molar-refractivity contribution is 9.10. The van der Waals surface area contributed by atoms with E-state index >= 15 is 0 Å². The molecule has 1 aliphatic heterocycles. The average Bonchev–Trinajstić information content (AvgIpc) is 2.59. The number of rotatable bonds is 2. The maximum absolute atomic E-state index is 13.5. The summed E-state index contributed by atoms with van der Waals surface area (Å²) in [5.74, 6) is -0.0629. The summed E-state index contributed by atoms with van der Waals surface area (Å²) in [4.78, 5) is 14.3. The van der Waals surface area contributed by atoms with Crippen LogP contribution in [0.4, 0.5) is 10.1 Å². The molecule has 0 atom stereocenters. The third kappa shape index (κ3) is 3.16. The summed E-state index contributed by atoms with van der Waals surface area (Å²) in [6.45, 7) is 1.40. The normalized spacial score (nSPS) is 14.8. The van der Waals surface area contributed by atoms with Crippen LogP contribution in [0.15, 0.2) is 46.9 Å². The third-order valence-corrected chi connectivity index (χ3v) is 4.13. The van der Waals surface area contributed by atoms with Gasteiger partial charge in [0.15, 0.2) is 5.78 Å². The molecule has 0 saturated heterocycles. The van der Waals surface area contributed by atoms with E-state index in [1.54, 1.807) is 6.07 Å². The molecule has 0 spiro atoms. The third-order valence-electron chi connectivity index (χ3n) is 3.67. The van der Waals surface area contributed by atoms with Crippen molar-refractivity contribution in [2.24, 2.45) is 0 Å². The molecular formula is C17H15BrFNO. The summed E-state index contributed by atoms with van der Waals surface area (Å²) in [6.07, 6.45) is 1.39. The summed E-state index contributed by atoms with van der Waals surface area (Å²) in [7, 11) is 0. The lowest BCUT2D eigenvalue weighted by Gasteiger charge is -2.24. The Bertz CT molecular complexity index is 666. The molecule has 2 aromatic carbocycles. The van der Waals surface area contributed by atoms with Gasteiger partial charge in [-0.1, -0.05) is 28.1 Å². The van der Waals surface area contributed by atoms with E-state index in [1.807, 2.05) is 30.3 Å². The monoisotopic (exact) mass is 347 g/mol. The van der Waals surface area contributed by atoms with Crippen LogP contribution in [-0.4, -0.2) is 12.3 Å². The number of Topliss-reactive ketones (excluding diaryl/α,β-unsaturated/α-hetero) is 1. The van der Waals surface area contributed by atoms with Crippen LogP contribution in [0.25, 0.3) is 0 Å². The van der Waals surface area contributed by atoms with Crippen LogP contribution in [0.1, 0.15) is 28.8 Å². The minimum atomic E-state index is -0.251. The molecule has 0 unspecified atom stereocenters. The van der Waals surface area contributed by atoms with Crippen molar-refractivity contribution >= 4 is 27.4 Å². The molecule has 2 nitrogen and oxygen atoms in total. The zero-order valence-electron chi connectivity index (χ0n) is 11.5. The minimum Gasteiger partial charge on any atom is -0.367 e. The van der Waals surface area contributed by atoms with Gasteiger partial charge < -0.3 is 4.90 Å². The number of hydrogen-bond donors (Lipinski definition) is 0. The number of ketones is 1. The smallest absolute Gasteiger partial charge is 0.165 e. The van der Waals surface area contributed by atoms with Gasteiger partial charge in [-0.05, 0) is 42.3 Å². The maximum Gasteiger partial charge on any atom is 0.165 e. The van der Waals surface area contributed by atoms with Crippen LogP contribution in [0.3, 0.4) is 0 Å². The summed E-state index contributed by atoms with van der Waals surface area (Å²) in [6, 6.07) is 12.6. The number of halogens is 2. The minimum absolute atomic E-state index is 0.188. The van der Waals surface area contributed by atoms with E-state index in [2.05, 4.69) is 20.8 Å². The molecule has 108 valence electrons. The number of anilines is 1. The SMILES string of the molecule is O=C1CCCN(Cc2cc(F)cc(Br)c2)c2ccccc21. The molecule has 3 rings (SSSR count). The highest BCUT2D eigenvalue weighted by atomic mass is 79.9. The Hall–Kier alpha value is -1.68. The maximum atomic E-state index is 13.5. The Morgan fingerprint density at radius 2 is 2.00 bits per heavy atom. The highest BCUT2D eigenvalue weighted by Gasteiger charge is 2.20. The molecule has 0 fully saturated rings. The highest BCUT2D eigenvalue weighted by Crippen LogP contribution is 2.28. The van der Waals surface area contributed by atoms with Gasteiger partial charge in [-0.25, -0.2) is 4.39 Å². The second kappa shape index (κ2) is 5.98. The topological polar surface area (TPSA) is 20.3 Å². The predicted molar refractivity (Wildman–Crippen MR) is 85.2 cm³/mol. The summed E-state index contributed by atoms with van der Waals surface area (Å²) in [5.41, 5.74) is 2.61. The van der Waals surface area contributed by atoms with Crippen LogP contribution < -0.4 is 4.90 Å². The van der Waals surface area contributed by atoms with Gasteiger partial charge in [0.1, 0.15) is 5.82 Å². The summed E-state index contributed by atoms with van der Waals surface area (Å²) in [5, 5.41) is 0. The Morgan fingerprint density at radius 3 is 2.81 bits per heavy atom. The van der Waals surface area contributed by atoms with E-state index in [0.717, 1.165) is 34.3 Å². The molecular weight excluding hydrogens is 333 g/mol. The molecule has 0 saturated carbocycles. The fraction of sp³-hybridized carbons (Fsp3) is 0.235. The van der Waals surface area contributed by atoms with Crippen LogP contribution in [0.5, 0.6) is 0 Å². The summed E-state index contributed by atoms with van der Waals surface area (Å²) < 4.78 is 14.3. The number of benzene rings is 2. The van der Waals surface area contributed by atoms with Gasteiger partial charge in [0.2, 0.25) is 0 Å². The fourth-order valence-corrected chi connectivity index (χ4v) is 3.27. The van der Waals surface area contributed by atoms with Crippen molar-refractivity contribution in [1.29, 1.82) is 0 Å². The number of carbonyl (C=O) groups excluding carboxylic acids is 1.